The van der Waals surface area contributed by atoms with Crippen LogP contribution in [0.25, 0.3) is 0 Å². The summed E-state index contributed by atoms with van der Waals surface area (Å²) in [7, 11) is 0. The van der Waals surface area contributed by atoms with Crippen molar-refractivity contribution in [2.24, 2.45) is 0 Å². The van der Waals surface area contributed by atoms with E-state index >= 15 is 0 Å². The zero-order chi connectivity index (χ0) is 14.7. The molecule has 1 aromatic rings. The number of aryl methyl sites for hydroxylation is 1. The lowest BCUT2D eigenvalue weighted by atomic mass is 10.0. The summed E-state index contributed by atoms with van der Waals surface area (Å²) in [6.07, 6.45) is 9.47. The molecule has 0 spiro atoms. The highest BCUT2D eigenvalue weighted by Gasteiger charge is 2.45. The standard InChI is InChI=1S/C18H26N2O/c1-14-8-10-15(11-9-14)18(12-13-18)20-17(21)19-16-6-4-2-3-5-7-16/h8-11,16H,2-7,12-13H2,1H3,(H2,19,20,21). The fourth-order valence-corrected chi connectivity index (χ4v) is 3.35. The molecule has 0 saturated heterocycles. The first-order valence-corrected chi connectivity index (χ1v) is 8.34. The summed E-state index contributed by atoms with van der Waals surface area (Å²) < 4.78 is 0. The Morgan fingerprint density at radius 3 is 2.24 bits per heavy atom. The van der Waals surface area contributed by atoms with Crippen molar-refractivity contribution in [2.75, 3.05) is 0 Å². The molecule has 0 bridgehead atoms. The fraction of sp³-hybridized carbons (Fsp3) is 0.611. The van der Waals surface area contributed by atoms with Gasteiger partial charge in [0.1, 0.15) is 0 Å². The number of urea groups is 1. The maximum atomic E-state index is 12.3. The Morgan fingerprint density at radius 1 is 1.05 bits per heavy atom. The van der Waals surface area contributed by atoms with Crippen molar-refractivity contribution >= 4 is 6.03 Å². The highest BCUT2D eigenvalue weighted by atomic mass is 16.2. The third-order valence-electron chi connectivity index (χ3n) is 4.90. The molecule has 0 unspecified atom stereocenters. The number of rotatable bonds is 3. The second-order valence-electron chi connectivity index (χ2n) is 6.74. The molecular formula is C18H26N2O. The lowest BCUT2D eigenvalue weighted by molar-refractivity contribution is 0.230. The number of nitrogens with one attached hydrogen (secondary N) is 2. The average Bonchev–Trinajstić information content (AvgIpc) is 3.25. The molecule has 3 heteroatoms. The summed E-state index contributed by atoms with van der Waals surface area (Å²) >= 11 is 0. The Kier molecular flexibility index (Phi) is 4.18. The summed E-state index contributed by atoms with van der Waals surface area (Å²) in [6, 6.07) is 8.92. The number of carbonyl (C=O) groups excluding carboxylic acids is 1. The van der Waals surface area contributed by atoms with Crippen LogP contribution in [-0.4, -0.2) is 12.1 Å². The van der Waals surface area contributed by atoms with Gasteiger partial charge in [-0.2, -0.15) is 0 Å². The van der Waals surface area contributed by atoms with Gasteiger partial charge in [0.15, 0.2) is 0 Å². The third-order valence-corrected chi connectivity index (χ3v) is 4.90. The molecule has 2 amide bonds. The van der Waals surface area contributed by atoms with Gasteiger partial charge in [-0.15, -0.1) is 0 Å². The van der Waals surface area contributed by atoms with Gasteiger partial charge in [0.05, 0.1) is 5.54 Å². The predicted octanol–water partition coefficient (Wildman–Crippen LogP) is 4.01. The SMILES string of the molecule is Cc1ccc(C2(NC(=O)NC3CCCCCC3)CC2)cc1. The Labute approximate surface area is 127 Å². The second kappa shape index (κ2) is 6.08. The van der Waals surface area contributed by atoms with E-state index in [1.54, 1.807) is 0 Å². The van der Waals surface area contributed by atoms with Crippen molar-refractivity contribution in [1.29, 1.82) is 0 Å². The van der Waals surface area contributed by atoms with Gasteiger partial charge in [-0.25, -0.2) is 4.79 Å². The zero-order valence-corrected chi connectivity index (χ0v) is 13.0. The molecule has 21 heavy (non-hydrogen) atoms. The van der Waals surface area contributed by atoms with Crippen molar-refractivity contribution < 1.29 is 4.79 Å². The van der Waals surface area contributed by atoms with Crippen molar-refractivity contribution in [2.45, 2.75) is 69.9 Å². The van der Waals surface area contributed by atoms with Gasteiger partial charge in [-0.3, -0.25) is 0 Å². The maximum absolute atomic E-state index is 12.3. The molecule has 0 aliphatic heterocycles. The number of amides is 2. The molecule has 2 aliphatic rings. The molecule has 0 heterocycles. The minimum absolute atomic E-state index is 0.0139. The minimum atomic E-state index is -0.109. The van der Waals surface area contributed by atoms with Crippen LogP contribution in [0, 0.1) is 6.92 Å². The van der Waals surface area contributed by atoms with Crippen LogP contribution < -0.4 is 10.6 Å². The molecule has 3 rings (SSSR count). The molecule has 3 nitrogen and oxygen atoms in total. The molecule has 0 radical (unpaired) electrons. The Hall–Kier alpha value is -1.51. The number of hydrogen-bond donors (Lipinski definition) is 2. The molecule has 2 N–H and O–H groups in total. The van der Waals surface area contributed by atoms with Gasteiger partial charge in [-0.1, -0.05) is 55.5 Å². The normalized spacial score (nSPS) is 21.4. The molecule has 0 aromatic heterocycles. The van der Waals surface area contributed by atoms with E-state index in [-0.39, 0.29) is 11.6 Å². The van der Waals surface area contributed by atoms with Crippen LogP contribution in [0.4, 0.5) is 4.79 Å². The lowest BCUT2D eigenvalue weighted by Gasteiger charge is -2.22. The van der Waals surface area contributed by atoms with Crippen LogP contribution in [0.15, 0.2) is 24.3 Å². The van der Waals surface area contributed by atoms with Crippen LogP contribution in [0.3, 0.4) is 0 Å². The Balaban J connectivity index is 1.57. The van der Waals surface area contributed by atoms with E-state index in [2.05, 4.69) is 41.8 Å². The van der Waals surface area contributed by atoms with Crippen molar-refractivity contribution in [3.63, 3.8) is 0 Å². The summed E-state index contributed by atoms with van der Waals surface area (Å²) in [5.41, 5.74) is 2.39. The van der Waals surface area contributed by atoms with Gasteiger partial charge in [0, 0.05) is 6.04 Å². The van der Waals surface area contributed by atoms with Gasteiger partial charge < -0.3 is 10.6 Å². The fourth-order valence-electron chi connectivity index (χ4n) is 3.35. The monoisotopic (exact) mass is 286 g/mol. The largest absolute Gasteiger partial charge is 0.335 e. The van der Waals surface area contributed by atoms with Gasteiger partial charge in [0.2, 0.25) is 0 Å². The van der Waals surface area contributed by atoms with Gasteiger partial charge in [0.25, 0.3) is 0 Å². The van der Waals surface area contributed by atoms with Crippen molar-refractivity contribution in [1.82, 2.24) is 10.6 Å². The highest BCUT2D eigenvalue weighted by molar-refractivity contribution is 5.76. The van der Waals surface area contributed by atoms with E-state index < -0.39 is 0 Å². The quantitative estimate of drug-likeness (QED) is 0.810. The van der Waals surface area contributed by atoms with Gasteiger partial charge >= 0.3 is 6.03 Å². The third kappa shape index (κ3) is 3.58. The summed E-state index contributed by atoms with van der Waals surface area (Å²) in [5, 5.41) is 6.41. The first-order valence-electron chi connectivity index (χ1n) is 8.34. The van der Waals surface area contributed by atoms with Crippen LogP contribution in [-0.2, 0) is 5.54 Å². The van der Waals surface area contributed by atoms with E-state index in [0.29, 0.717) is 6.04 Å². The summed E-state index contributed by atoms with van der Waals surface area (Å²) in [4.78, 5) is 12.3. The van der Waals surface area contributed by atoms with E-state index in [0.717, 1.165) is 25.7 Å². The number of carbonyl (C=O) groups is 1. The van der Waals surface area contributed by atoms with E-state index in [4.69, 9.17) is 0 Å². The zero-order valence-electron chi connectivity index (χ0n) is 13.0. The minimum Gasteiger partial charge on any atom is -0.335 e. The molecule has 2 fully saturated rings. The van der Waals surface area contributed by atoms with Crippen LogP contribution in [0.5, 0.6) is 0 Å². The number of benzene rings is 1. The molecule has 1 aromatic carbocycles. The van der Waals surface area contributed by atoms with Crippen molar-refractivity contribution in [3.8, 4) is 0 Å². The van der Waals surface area contributed by atoms with Crippen molar-refractivity contribution in [3.05, 3.63) is 35.4 Å². The second-order valence-corrected chi connectivity index (χ2v) is 6.74. The summed E-state index contributed by atoms with van der Waals surface area (Å²) in [5.74, 6) is 0. The first-order chi connectivity index (χ1) is 10.2. The van der Waals surface area contributed by atoms with E-state index in [9.17, 15) is 4.79 Å². The smallest absolute Gasteiger partial charge is 0.315 e. The number of hydrogen-bond acceptors (Lipinski definition) is 1. The van der Waals surface area contributed by atoms with Crippen LogP contribution in [0.2, 0.25) is 0 Å². The first kappa shape index (κ1) is 14.4. The summed E-state index contributed by atoms with van der Waals surface area (Å²) in [6.45, 7) is 2.09. The molecule has 0 atom stereocenters. The molecule has 2 saturated carbocycles. The Bertz CT molecular complexity index is 482. The molecular weight excluding hydrogens is 260 g/mol. The highest BCUT2D eigenvalue weighted by Crippen LogP contribution is 2.45. The maximum Gasteiger partial charge on any atom is 0.315 e. The van der Waals surface area contributed by atoms with E-state index in [1.807, 2.05) is 0 Å². The van der Waals surface area contributed by atoms with Crippen LogP contribution in [0.1, 0.15) is 62.5 Å². The van der Waals surface area contributed by atoms with E-state index in [1.165, 1.54) is 36.8 Å². The molecule has 2 aliphatic carbocycles. The van der Waals surface area contributed by atoms with Gasteiger partial charge in [-0.05, 0) is 38.2 Å². The lowest BCUT2D eigenvalue weighted by Crippen LogP contribution is -2.46. The Morgan fingerprint density at radius 2 is 1.67 bits per heavy atom. The predicted molar refractivity (Wildman–Crippen MR) is 85.2 cm³/mol. The topological polar surface area (TPSA) is 41.1 Å². The average molecular weight is 286 g/mol. The van der Waals surface area contributed by atoms with Crippen LogP contribution >= 0.6 is 0 Å². The molecule has 114 valence electrons.